The largest absolute Gasteiger partial charge is 0.465 e. The minimum atomic E-state index is -0.496. The number of hydrogen-bond donors (Lipinski definition) is 2. The number of nitrogens with zero attached hydrogens (tertiary/aromatic N) is 2. The molecule has 7 heteroatoms. The topological polar surface area (TPSA) is 90.4 Å². The second-order valence-electron chi connectivity index (χ2n) is 10.7. The molecule has 0 radical (unpaired) electrons. The van der Waals surface area contributed by atoms with Gasteiger partial charge >= 0.3 is 5.97 Å². The zero-order valence-electron chi connectivity index (χ0n) is 24.2. The molecule has 5 aromatic rings. The number of aromatic amines is 1. The van der Waals surface area contributed by atoms with E-state index in [1.165, 1.54) is 12.7 Å². The second-order valence-corrected chi connectivity index (χ2v) is 10.7. The number of carbonyl (C=O) groups excluding carboxylic acids is 1. The number of ether oxygens (including phenoxy) is 2. The van der Waals surface area contributed by atoms with Crippen molar-refractivity contribution in [3.8, 4) is 28.3 Å². The van der Waals surface area contributed by atoms with Gasteiger partial charge in [-0.05, 0) is 77.1 Å². The summed E-state index contributed by atoms with van der Waals surface area (Å²) in [6, 6.07) is 32.6. The van der Waals surface area contributed by atoms with Gasteiger partial charge in [-0.1, -0.05) is 54.6 Å². The molecule has 43 heavy (non-hydrogen) atoms. The van der Waals surface area contributed by atoms with Gasteiger partial charge in [-0.25, -0.2) is 4.79 Å². The van der Waals surface area contributed by atoms with E-state index in [9.17, 15) is 10.1 Å². The number of nitrogens with one attached hydrogen (secondary N) is 2. The maximum Gasteiger partial charge on any atom is 0.339 e. The lowest BCUT2D eigenvalue weighted by Crippen LogP contribution is -2.36. The van der Waals surface area contributed by atoms with Crippen LogP contribution in [0.4, 0.5) is 11.4 Å². The van der Waals surface area contributed by atoms with Crippen LogP contribution in [0.1, 0.15) is 22.3 Å². The number of aryl methyl sites for hydroxylation is 1. The van der Waals surface area contributed by atoms with Crippen LogP contribution in [0.15, 0.2) is 97.2 Å². The van der Waals surface area contributed by atoms with E-state index in [0.717, 1.165) is 65.1 Å². The molecule has 0 amide bonds. The highest BCUT2D eigenvalue weighted by molar-refractivity contribution is 5.97. The van der Waals surface area contributed by atoms with Crippen molar-refractivity contribution in [2.45, 2.75) is 18.9 Å². The Kier molecular flexibility index (Phi) is 8.39. The van der Waals surface area contributed by atoms with Crippen LogP contribution in [0, 0.1) is 11.3 Å². The van der Waals surface area contributed by atoms with Crippen LogP contribution >= 0.6 is 0 Å². The van der Waals surface area contributed by atoms with Crippen molar-refractivity contribution in [3.63, 3.8) is 0 Å². The zero-order chi connectivity index (χ0) is 29.6. The van der Waals surface area contributed by atoms with Gasteiger partial charge in [-0.3, -0.25) is 0 Å². The first-order valence-electron chi connectivity index (χ1n) is 14.6. The van der Waals surface area contributed by atoms with Crippen LogP contribution in [0.25, 0.3) is 33.2 Å². The molecular weight excluding hydrogens is 536 g/mol. The fourth-order valence-electron chi connectivity index (χ4n) is 5.67. The summed E-state index contributed by atoms with van der Waals surface area (Å²) in [6.45, 7) is 3.22. The van der Waals surface area contributed by atoms with Gasteiger partial charge in [-0.15, -0.1) is 0 Å². The Morgan fingerprint density at radius 1 is 0.953 bits per heavy atom. The van der Waals surface area contributed by atoms with Gasteiger partial charge in [0.2, 0.25) is 0 Å². The molecule has 0 bridgehead atoms. The SMILES string of the molecule is COC(=O)c1cc(-c2ccc(N3CCOCC3)cc2)ccc1NC(C#N)CCc1c[nH]c2ccc(-c3ccccc3)cc12. The monoisotopic (exact) mass is 570 g/mol. The van der Waals surface area contributed by atoms with Crippen molar-refractivity contribution in [2.75, 3.05) is 43.6 Å². The van der Waals surface area contributed by atoms with Crippen LogP contribution in [0.2, 0.25) is 0 Å². The molecule has 2 N–H and O–H groups in total. The van der Waals surface area contributed by atoms with Crippen molar-refractivity contribution >= 4 is 28.2 Å². The highest BCUT2D eigenvalue weighted by Gasteiger charge is 2.18. The minimum absolute atomic E-state index is 0.400. The minimum Gasteiger partial charge on any atom is -0.465 e. The Balaban J connectivity index is 1.18. The van der Waals surface area contributed by atoms with Crippen molar-refractivity contribution < 1.29 is 14.3 Å². The van der Waals surface area contributed by atoms with Gasteiger partial charge in [0, 0.05) is 41.6 Å². The first-order valence-corrected chi connectivity index (χ1v) is 14.6. The number of anilines is 2. The molecule has 1 aliphatic rings. The van der Waals surface area contributed by atoms with Crippen LogP contribution < -0.4 is 10.2 Å². The maximum atomic E-state index is 12.8. The molecule has 0 spiro atoms. The smallest absolute Gasteiger partial charge is 0.339 e. The van der Waals surface area contributed by atoms with Crippen LogP contribution in [0.5, 0.6) is 0 Å². The number of benzene rings is 4. The van der Waals surface area contributed by atoms with E-state index in [1.54, 1.807) is 0 Å². The van der Waals surface area contributed by atoms with E-state index in [4.69, 9.17) is 9.47 Å². The number of esters is 1. The molecule has 1 aromatic heterocycles. The predicted octanol–water partition coefficient (Wildman–Crippen LogP) is 7.06. The zero-order valence-corrected chi connectivity index (χ0v) is 24.2. The number of H-pyrrole nitrogens is 1. The van der Waals surface area contributed by atoms with E-state index < -0.39 is 12.0 Å². The Hall–Kier alpha value is -5.06. The quantitative estimate of drug-likeness (QED) is 0.184. The number of methoxy groups -OCH3 is 1. The summed E-state index contributed by atoms with van der Waals surface area (Å²) in [5, 5.41) is 14.5. The van der Waals surface area contributed by atoms with Gasteiger partial charge in [-0.2, -0.15) is 5.26 Å². The summed E-state index contributed by atoms with van der Waals surface area (Å²) < 4.78 is 10.6. The third-order valence-electron chi connectivity index (χ3n) is 8.06. The molecular formula is C36H34N4O3. The number of hydrogen-bond acceptors (Lipinski definition) is 6. The molecule has 1 saturated heterocycles. The Bertz CT molecular complexity index is 1750. The van der Waals surface area contributed by atoms with Gasteiger partial charge in [0.15, 0.2) is 0 Å². The summed E-state index contributed by atoms with van der Waals surface area (Å²) in [6.07, 6.45) is 3.29. The van der Waals surface area contributed by atoms with Gasteiger partial charge in [0.25, 0.3) is 0 Å². The van der Waals surface area contributed by atoms with E-state index in [1.807, 2.05) is 42.6 Å². The van der Waals surface area contributed by atoms with E-state index >= 15 is 0 Å². The first kappa shape index (κ1) is 28.1. The lowest BCUT2D eigenvalue weighted by molar-refractivity contribution is 0.0602. The average Bonchev–Trinajstić information content (AvgIpc) is 3.49. The summed E-state index contributed by atoms with van der Waals surface area (Å²) in [5.41, 5.74) is 8.58. The summed E-state index contributed by atoms with van der Waals surface area (Å²) in [4.78, 5) is 18.5. The fraction of sp³-hybridized carbons (Fsp3) is 0.222. The second kappa shape index (κ2) is 12.8. The normalized spacial score (nSPS) is 13.8. The lowest BCUT2D eigenvalue weighted by atomic mass is 9.99. The van der Waals surface area contributed by atoms with Gasteiger partial charge in [0.1, 0.15) is 6.04 Å². The van der Waals surface area contributed by atoms with E-state index in [2.05, 4.69) is 75.9 Å². The molecule has 7 nitrogen and oxygen atoms in total. The average molecular weight is 571 g/mol. The molecule has 2 heterocycles. The molecule has 216 valence electrons. The number of aromatic nitrogens is 1. The Morgan fingerprint density at radius 3 is 2.40 bits per heavy atom. The number of nitriles is 1. The Morgan fingerprint density at radius 2 is 1.65 bits per heavy atom. The van der Waals surface area contributed by atoms with Crippen LogP contribution in [-0.4, -0.2) is 50.4 Å². The van der Waals surface area contributed by atoms with Crippen LogP contribution in [-0.2, 0) is 15.9 Å². The highest BCUT2D eigenvalue weighted by atomic mass is 16.5. The summed E-state index contributed by atoms with van der Waals surface area (Å²) in [7, 11) is 1.37. The molecule has 0 aliphatic carbocycles. The van der Waals surface area contributed by atoms with Crippen molar-refractivity contribution in [3.05, 3.63) is 108 Å². The third-order valence-corrected chi connectivity index (χ3v) is 8.06. The van der Waals surface area contributed by atoms with Gasteiger partial charge in [0.05, 0.1) is 32.0 Å². The van der Waals surface area contributed by atoms with Crippen molar-refractivity contribution in [1.29, 1.82) is 5.26 Å². The molecule has 4 aromatic carbocycles. The maximum absolute atomic E-state index is 12.8. The number of rotatable bonds is 9. The lowest BCUT2D eigenvalue weighted by Gasteiger charge is -2.29. The summed E-state index contributed by atoms with van der Waals surface area (Å²) >= 11 is 0. The predicted molar refractivity (Wildman–Crippen MR) is 171 cm³/mol. The third kappa shape index (κ3) is 6.25. The first-order chi connectivity index (χ1) is 21.1. The van der Waals surface area contributed by atoms with Gasteiger partial charge < -0.3 is 24.7 Å². The summed E-state index contributed by atoms with van der Waals surface area (Å²) in [5.74, 6) is -0.448. The van der Waals surface area contributed by atoms with Crippen molar-refractivity contribution in [1.82, 2.24) is 4.98 Å². The van der Waals surface area contributed by atoms with E-state index in [0.29, 0.717) is 24.1 Å². The molecule has 1 aliphatic heterocycles. The number of fused-ring (bicyclic) bond motifs is 1. The van der Waals surface area contributed by atoms with Crippen molar-refractivity contribution in [2.24, 2.45) is 0 Å². The van der Waals surface area contributed by atoms with E-state index in [-0.39, 0.29) is 0 Å². The molecule has 1 atom stereocenters. The highest BCUT2D eigenvalue weighted by Crippen LogP contribution is 2.30. The molecule has 1 fully saturated rings. The number of morpholine rings is 1. The molecule has 1 unspecified atom stereocenters. The fourth-order valence-corrected chi connectivity index (χ4v) is 5.67. The standard InChI is InChI=1S/C36H34N4O3/c1-42-36(41)33-22-28(26-8-13-31(14-9-26)40-17-19-43-20-18-40)11-16-35(33)39-30(23-37)12-7-29-24-38-34-15-10-27(21-32(29)34)25-5-3-2-4-6-25/h2-6,8-11,13-16,21-22,24,30,38-39H,7,12,17-20H2,1H3. The van der Waals surface area contributed by atoms with Crippen LogP contribution in [0.3, 0.4) is 0 Å². The number of carbonyl (C=O) groups is 1. The Labute approximate surface area is 251 Å². The molecule has 0 saturated carbocycles. The molecule has 6 rings (SSSR count).